The van der Waals surface area contributed by atoms with E-state index in [9.17, 15) is 9.90 Å². The molecule has 0 aromatic carbocycles. The first-order chi connectivity index (χ1) is 14.6. The van der Waals surface area contributed by atoms with Crippen LogP contribution in [0.4, 0.5) is 10.6 Å². The number of amides is 1. The maximum Gasteiger partial charge on any atom is 0.407 e. The van der Waals surface area contributed by atoms with Gasteiger partial charge in [0.05, 0.1) is 24.2 Å². The molecule has 10 heteroatoms. The van der Waals surface area contributed by atoms with E-state index in [2.05, 4.69) is 33.2 Å². The molecule has 2 atom stereocenters. The third-order valence-corrected chi connectivity index (χ3v) is 6.32. The fourth-order valence-electron chi connectivity index (χ4n) is 4.57. The molecule has 4 rings (SSSR count). The van der Waals surface area contributed by atoms with Crippen molar-refractivity contribution in [2.24, 2.45) is 0 Å². The SMILES string of the molecule is CN1CCC[C@H]1COc1nc2c(c(N3CCN(C(=O)O)[C@@H](CC#N)C3)n1)CNCC2. The zero-order chi connectivity index (χ0) is 21.1. The van der Waals surface area contributed by atoms with E-state index in [1.54, 1.807) is 0 Å². The average molecular weight is 415 g/mol. The summed E-state index contributed by atoms with van der Waals surface area (Å²) < 4.78 is 6.02. The molecule has 0 radical (unpaired) electrons. The van der Waals surface area contributed by atoms with Crippen LogP contribution in [-0.2, 0) is 13.0 Å². The van der Waals surface area contributed by atoms with E-state index in [0.717, 1.165) is 43.0 Å². The Kier molecular flexibility index (Phi) is 6.20. The van der Waals surface area contributed by atoms with Gasteiger partial charge in [-0.25, -0.2) is 4.79 Å². The van der Waals surface area contributed by atoms with Gasteiger partial charge in [0.2, 0.25) is 0 Å². The molecule has 2 N–H and O–H groups in total. The summed E-state index contributed by atoms with van der Waals surface area (Å²) in [5.74, 6) is 0.801. The van der Waals surface area contributed by atoms with Gasteiger partial charge < -0.3 is 29.9 Å². The lowest BCUT2D eigenvalue weighted by Crippen LogP contribution is -2.55. The van der Waals surface area contributed by atoms with Crippen LogP contribution in [0.15, 0.2) is 0 Å². The number of fused-ring (bicyclic) bond motifs is 1. The van der Waals surface area contributed by atoms with Crippen molar-refractivity contribution in [2.45, 2.75) is 44.3 Å². The van der Waals surface area contributed by atoms with Gasteiger partial charge in [-0.15, -0.1) is 0 Å². The van der Waals surface area contributed by atoms with Crippen LogP contribution >= 0.6 is 0 Å². The van der Waals surface area contributed by atoms with Crippen molar-refractivity contribution in [1.82, 2.24) is 25.1 Å². The van der Waals surface area contributed by atoms with Gasteiger partial charge in [0.1, 0.15) is 12.4 Å². The molecule has 0 bridgehead atoms. The third-order valence-electron chi connectivity index (χ3n) is 6.32. The molecule has 3 aliphatic rings. The predicted molar refractivity (Wildman–Crippen MR) is 110 cm³/mol. The minimum atomic E-state index is -0.981. The lowest BCUT2D eigenvalue weighted by molar-refractivity contribution is 0.119. The number of aromatic nitrogens is 2. The summed E-state index contributed by atoms with van der Waals surface area (Å²) in [6.45, 7) is 4.50. The van der Waals surface area contributed by atoms with E-state index in [0.29, 0.717) is 44.8 Å². The van der Waals surface area contributed by atoms with E-state index in [1.165, 1.54) is 11.3 Å². The summed E-state index contributed by atoms with van der Waals surface area (Å²) in [5, 5.41) is 22.0. The van der Waals surface area contributed by atoms with E-state index in [-0.39, 0.29) is 12.5 Å². The molecule has 4 heterocycles. The van der Waals surface area contributed by atoms with Gasteiger partial charge in [0.25, 0.3) is 0 Å². The number of carboxylic acid groups (broad SMARTS) is 1. The van der Waals surface area contributed by atoms with Crippen LogP contribution in [0.5, 0.6) is 6.01 Å². The second-order valence-electron chi connectivity index (χ2n) is 8.21. The number of anilines is 1. The van der Waals surface area contributed by atoms with Crippen molar-refractivity contribution < 1.29 is 14.6 Å². The number of nitrogens with one attached hydrogen (secondary N) is 1. The van der Waals surface area contributed by atoms with Gasteiger partial charge in [0.15, 0.2) is 0 Å². The first-order valence-corrected chi connectivity index (χ1v) is 10.6. The van der Waals surface area contributed by atoms with Crippen molar-refractivity contribution in [3.63, 3.8) is 0 Å². The summed E-state index contributed by atoms with van der Waals surface area (Å²) in [5.41, 5.74) is 2.04. The number of hydrogen-bond donors (Lipinski definition) is 2. The quantitative estimate of drug-likeness (QED) is 0.715. The van der Waals surface area contributed by atoms with Gasteiger partial charge >= 0.3 is 12.1 Å². The van der Waals surface area contributed by atoms with Crippen LogP contribution in [-0.4, -0.2) is 89.4 Å². The van der Waals surface area contributed by atoms with Crippen molar-refractivity contribution in [2.75, 3.05) is 51.3 Å². The Morgan fingerprint density at radius 1 is 1.33 bits per heavy atom. The molecule has 0 saturated carbocycles. The van der Waals surface area contributed by atoms with E-state index in [4.69, 9.17) is 15.0 Å². The summed E-state index contributed by atoms with van der Waals surface area (Å²) in [7, 11) is 2.11. The van der Waals surface area contributed by atoms with Crippen molar-refractivity contribution in [1.29, 1.82) is 5.26 Å². The smallest absolute Gasteiger partial charge is 0.407 e. The predicted octanol–water partition coefficient (Wildman–Crippen LogP) is 0.678. The molecule has 162 valence electrons. The Balaban J connectivity index is 1.56. The van der Waals surface area contributed by atoms with Gasteiger partial charge in [-0.3, -0.25) is 0 Å². The molecule has 2 saturated heterocycles. The second kappa shape index (κ2) is 9.02. The van der Waals surface area contributed by atoms with Crippen molar-refractivity contribution >= 4 is 11.9 Å². The molecule has 0 aliphatic carbocycles. The minimum Gasteiger partial charge on any atom is -0.465 e. The number of nitrogens with zero attached hydrogens (tertiary/aromatic N) is 6. The fraction of sp³-hybridized carbons (Fsp3) is 0.700. The molecule has 10 nitrogen and oxygen atoms in total. The number of likely N-dealkylation sites (tertiary alicyclic amines) is 1. The number of likely N-dealkylation sites (N-methyl/N-ethyl adjacent to an activating group) is 1. The standard InChI is InChI=1S/C20H29N7O3/c1-25-8-2-3-15(25)13-30-19-23-17-5-7-22-11-16(17)18(24-19)26-9-10-27(20(28)29)14(12-26)4-6-21/h14-15,22H,2-5,7-13H2,1H3,(H,28,29)/t14-,15-/m0/s1. The molecule has 1 aromatic heterocycles. The van der Waals surface area contributed by atoms with Crippen LogP contribution in [0.3, 0.4) is 0 Å². The second-order valence-corrected chi connectivity index (χ2v) is 8.21. The number of piperazine rings is 1. The average Bonchev–Trinajstić information content (AvgIpc) is 3.16. The Hall–Kier alpha value is -2.64. The number of nitriles is 1. The Bertz CT molecular complexity index is 827. The van der Waals surface area contributed by atoms with Gasteiger partial charge in [-0.2, -0.15) is 15.2 Å². The number of carbonyl (C=O) groups is 1. The zero-order valence-corrected chi connectivity index (χ0v) is 17.4. The fourth-order valence-corrected chi connectivity index (χ4v) is 4.57. The van der Waals surface area contributed by atoms with Crippen molar-refractivity contribution in [3.05, 3.63) is 11.3 Å². The number of rotatable bonds is 5. The first-order valence-electron chi connectivity index (χ1n) is 10.6. The lowest BCUT2D eigenvalue weighted by atomic mass is 10.1. The number of ether oxygens (including phenoxy) is 1. The third kappa shape index (κ3) is 4.27. The summed E-state index contributed by atoms with van der Waals surface area (Å²) in [6, 6.07) is 2.52. The molecule has 0 unspecified atom stereocenters. The highest BCUT2D eigenvalue weighted by Crippen LogP contribution is 2.29. The van der Waals surface area contributed by atoms with E-state index < -0.39 is 6.09 Å². The van der Waals surface area contributed by atoms with E-state index >= 15 is 0 Å². The van der Waals surface area contributed by atoms with Crippen molar-refractivity contribution in [3.8, 4) is 12.1 Å². The Labute approximate surface area is 176 Å². The minimum absolute atomic E-state index is 0.158. The van der Waals surface area contributed by atoms with Crippen LogP contribution in [0.1, 0.15) is 30.5 Å². The molecule has 1 aromatic rings. The first kappa shape index (κ1) is 20.6. The zero-order valence-electron chi connectivity index (χ0n) is 17.4. The molecule has 0 spiro atoms. The largest absolute Gasteiger partial charge is 0.465 e. The van der Waals surface area contributed by atoms with E-state index in [1.807, 2.05) is 0 Å². The van der Waals surface area contributed by atoms with Gasteiger partial charge in [-0.1, -0.05) is 0 Å². The molecular weight excluding hydrogens is 386 g/mol. The van der Waals surface area contributed by atoms with Gasteiger partial charge in [0, 0.05) is 50.7 Å². The highest BCUT2D eigenvalue weighted by molar-refractivity contribution is 5.66. The lowest BCUT2D eigenvalue weighted by Gasteiger charge is -2.40. The summed E-state index contributed by atoms with van der Waals surface area (Å²) in [6.07, 6.45) is 2.28. The maximum absolute atomic E-state index is 11.5. The summed E-state index contributed by atoms with van der Waals surface area (Å²) >= 11 is 0. The Morgan fingerprint density at radius 2 is 2.20 bits per heavy atom. The topological polar surface area (TPSA) is 118 Å². The van der Waals surface area contributed by atoms with Crippen LogP contribution < -0.4 is 15.0 Å². The number of hydrogen-bond acceptors (Lipinski definition) is 8. The van der Waals surface area contributed by atoms with Crippen LogP contribution in [0.2, 0.25) is 0 Å². The van der Waals surface area contributed by atoms with Gasteiger partial charge in [-0.05, 0) is 26.4 Å². The maximum atomic E-state index is 11.5. The molecule has 3 aliphatic heterocycles. The Morgan fingerprint density at radius 3 is 2.93 bits per heavy atom. The molecule has 30 heavy (non-hydrogen) atoms. The molecule has 1 amide bonds. The van der Waals surface area contributed by atoms with Crippen LogP contribution in [0, 0.1) is 11.3 Å². The summed E-state index contributed by atoms with van der Waals surface area (Å²) in [4.78, 5) is 26.7. The highest BCUT2D eigenvalue weighted by Gasteiger charge is 2.33. The molecular formula is C20H29N7O3. The molecule has 2 fully saturated rings. The monoisotopic (exact) mass is 415 g/mol. The highest BCUT2D eigenvalue weighted by atomic mass is 16.5. The normalized spacial score (nSPS) is 24.4. The van der Waals surface area contributed by atoms with Crippen LogP contribution in [0.25, 0.3) is 0 Å².